The van der Waals surface area contributed by atoms with Crippen molar-refractivity contribution in [1.82, 2.24) is 15.0 Å². The summed E-state index contributed by atoms with van der Waals surface area (Å²) in [5.41, 5.74) is 0.567. The van der Waals surface area contributed by atoms with Crippen molar-refractivity contribution < 1.29 is 9.15 Å². The van der Waals surface area contributed by atoms with Crippen LogP contribution in [-0.4, -0.2) is 22.1 Å². The normalized spacial score (nSPS) is 10.7. The zero-order chi connectivity index (χ0) is 13.9. The molecular weight excluding hydrogens is 280 g/mol. The number of rotatable bonds is 4. The first kappa shape index (κ1) is 12.7. The van der Waals surface area contributed by atoms with E-state index in [0.29, 0.717) is 23.8 Å². The number of fused-ring (bicyclic) bond motifs is 1. The van der Waals surface area contributed by atoms with Crippen LogP contribution in [-0.2, 0) is 6.54 Å². The Bertz CT molecular complexity index is 731. The Labute approximate surface area is 119 Å². The van der Waals surface area contributed by atoms with Gasteiger partial charge >= 0.3 is 0 Å². The van der Waals surface area contributed by atoms with Crippen LogP contribution in [0.4, 0.5) is 5.82 Å². The average Bonchev–Trinajstić information content (AvgIpc) is 2.97. The zero-order valence-electron chi connectivity index (χ0n) is 10.6. The lowest BCUT2D eigenvalue weighted by molar-refractivity contribution is 0.402. The third-order valence-corrected chi connectivity index (χ3v) is 2.93. The van der Waals surface area contributed by atoms with Crippen molar-refractivity contribution in [2.75, 3.05) is 12.4 Å². The number of hydrogen-bond donors (Lipinski definition) is 1. The van der Waals surface area contributed by atoms with Gasteiger partial charge < -0.3 is 14.5 Å². The van der Waals surface area contributed by atoms with Crippen molar-refractivity contribution in [3.63, 3.8) is 0 Å². The van der Waals surface area contributed by atoms with Gasteiger partial charge in [-0.2, -0.15) is 0 Å². The molecule has 3 aromatic heterocycles. The van der Waals surface area contributed by atoms with E-state index in [2.05, 4.69) is 20.3 Å². The topological polar surface area (TPSA) is 73.1 Å². The van der Waals surface area contributed by atoms with Crippen LogP contribution in [0.5, 0.6) is 5.88 Å². The minimum Gasteiger partial charge on any atom is -0.479 e. The van der Waals surface area contributed by atoms with E-state index < -0.39 is 0 Å². The number of pyridine rings is 1. The molecule has 7 heteroatoms. The van der Waals surface area contributed by atoms with Gasteiger partial charge in [-0.05, 0) is 29.8 Å². The summed E-state index contributed by atoms with van der Waals surface area (Å²) in [6, 6.07) is 5.51. The van der Waals surface area contributed by atoms with Crippen LogP contribution in [0.15, 0.2) is 35.1 Å². The SMILES string of the molecule is COc1nccc2c(NCc3ccco3)nc(Cl)nc12. The average molecular weight is 291 g/mol. The third-order valence-electron chi connectivity index (χ3n) is 2.76. The summed E-state index contributed by atoms with van der Waals surface area (Å²) in [6.07, 6.45) is 3.26. The lowest BCUT2D eigenvalue weighted by Gasteiger charge is -2.09. The third kappa shape index (κ3) is 2.37. The number of nitrogens with zero attached hydrogens (tertiary/aromatic N) is 3. The highest BCUT2D eigenvalue weighted by Gasteiger charge is 2.11. The number of furan rings is 1. The van der Waals surface area contributed by atoms with Gasteiger partial charge in [-0.1, -0.05) is 0 Å². The van der Waals surface area contributed by atoms with Crippen LogP contribution < -0.4 is 10.1 Å². The summed E-state index contributed by atoms with van der Waals surface area (Å²) in [6.45, 7) is 0.500. The molecule has 3 aromatic rings. The Morgan fingerprint density at radius 1 is 1.35 bits per heavy atom. The fourth-order valence-corrected chi connectivity index (χ4v) is 2.04. The Balaban J connectivity index is 2.01. The molecule has 0 bridgehead atoms. The van der Waals surface area contributed by atoms with E-state index in [4.69, 9.17) is 20.8 Å². The lowest BCUT2D eigenvalue weighted by Crippen LogP contribution is -2.03. The minimum atomic E-state index is 0.130. The van der Waals surface area contributed by atoms with Gasteiger partial charge in [-0.25, -0.2) is 15.0 Å². The number of ether oxygens (including phenoxy) is 1. The maximum atomic E-state index is 5.94. The van der Waals surface area contributed by atoms with E-state index in [1.165, 1.54) is 7.11 Å². The molecule has 0 spiro atoms. The summed E-state index contributed by atoms with van der Waals surface area (Å²) < 4.78 is 10.4. The first-order chi connectivity index (χ1) is 9.78. The Kier molecular flexibility index (Phi) is 3.39. The summed E-state index contributed by atoms with van der Waals surface area (Å²) in [7, 11) is 1.54. The molecule has 0 saturated carbocycles. The van der Waals surface area contributed by atoms with Crippen molar-refractivity contribution in [2.24, 2.45) is 0 Å². The van der Waals surface area contributed by atoms with Crippen molar-refractivity contribution in [2.45, 2.75) is 6.54 Å². The van der Waals surface area contributed by atoms with E-state index >= 15 is 0 Å². The number of aromatic nitrogens is 3. The summed E-state index contributed by atoms with van der Waals surface area (Å²) in [4.78, 5) is 12.5. The maximum Gasteiger partial charge on any atom is 0.240 e. The van der Waals surface area contributed by atoms with Crippen molar-refractivity contribution in [3.05, 3.63) is 41.7 Å². The molecule has 102 valence electrons. The molecule has 0 radical (unpaired) electrons. The number of hydrogen-bond acceptors (Lipinski definition) is 6. The number of nitrogens with one attached hydrogen (secondary N) is 1. The van der Waals surface area contributed by atoms with Gasteiger partial charge in [0.25, 0.3) is 0 Å². The summed E-state index contributed by atoms with van der Waals surface area (Å²) in [5, 5.41) is 4.08. The monoisotopic (exact) mass is 290 g/mol. The second-order valence-corrected chi connectivity index (χ2v) is 4.33. The Morgan fingerprint density at radius 3 is 3.00 bits per heavy atom. The van der Waals surface area contributed by atoms with Crippen LogP contribution in [0, 0.1) is 0 Å². The lowest BCUT2D eigenvalue weighted by atomic mass is 10.3. The van der Waals surface area contributed by atoms with Gasteiger partial charge in [-0.15, -0.1) is 0 Å². The molecule has 1 N–H and O–H groups in total. The molecular formula is C13H11ClN4O2. The molecule has 3 heterocycles. The predicted molar refractivity (Wildman–Crippen MR) is 74.9 cm³/mol. The first-order valence-electron chi connectivity index (χ1n) is 5.90. The largest absolute Gasteiger partial charge is 0.479 e. The van der Waals surface area contributed by atoms with Crippen LogP contribution >= 0.6 is 11.6 Å². The highest BCUT2D eigenvalue weighted by atomic mass is 35.5. The van der Waals surface area contributed by atoms with E-state index in [9.17, 15) is 0 Å². The highest BCUT2D eigenvalue weighted by Crippen LogP contribution is 2.27. The summed E-state index contributed by atoms with van der Waals surface area (Å²) >= 11 is 5.94. The molecule has 0 fully saturated rings. The predicted octanol–water partition coefficient (Wildman–Crippen LogP) is 2.89. The standard InChI is InChI=1S/C13H11ClN4O2/c1-19-12-10-9(4-5-15-12)11(18-13(14)17-10)16-7-8-3-2-6-20-8/h2-6H,7H2,1H3,(H,16,17,18). The van der Waals surface area contributed by atoms with Crippen LogP contribution in [0.2, 0.25) is 5.28 Å². The van der Waals surface area contributed by atoms with Crippen molar-refractivity contribution >= 4 is 28.3 Å². The van der Waals surface area contributed by atoms with Gasteiger partial charge in [0.2, 0.25) is 11.2 Å². The molecule has 0 aromatic carbocycles. The second-order valence-electron chi connectivity index (χ2n) is 3.99. The molecule has 0 saturated heterocycles. The van der Waals surface area contributed by atoms with E-state index in [0.717, 1.165) is 11.1 Å². The molecule has 0 aliphatic heterocycles. The fourth-order valence-electron chi connectivity index (χ4n) is 1.87. The van der Waals surface area contributed by atoms with Crippen LogP contribution in [0.3, 0.4) is 0 Å². The second kappa shape index (κ2) is 5.34. The Hall–Kier alpha value is -2.34. The molecule has 0 aliphatic rings. The molecule has 0 aliphatic carbocycles. The zero-order valence-corrected chi connectivity index (χ0v) is 11.4. The van der Waals surface area contributed by atoms with E-state index in [1.54, 1.807) is 18.5 Å². The quantitative estimate of drug-likeness (QED) is 0.745. The van der Waals surface area contributed by atoms with Crippen molar-refractivity contribution in [1.29, 1.82) is 0 Å². The molecule has 20 heavy (non-hydrogen) atoms. The first-order valence-corrected chi connectivity index (χ1v) is 6.28. The molecule has 3 rings (SSSR count). The highest BCUT2D eigenvalue weighted by molar-refractivity contribution is 6.28. The fraction of sp³-hybridized carbons (Fsp3) is 0.154. The molecule has 6 nitrogen and oxygen atoms in total. The molecule has 0 amide bonds. The molecule has 0 atom stereocenters. The van der Waals surface area contributed by atoms with Gasteiger partial charge in [0.1, 0.15) is 17.1 Å². The van der Waals surface area contributed by atoms with E-state index in [1.807, 2.05) is 12.1 Å². The molecule has 0 unspecified atom stereocenters. The van der Waals surface area contributed by atoms with Gasteiger partial charge in [-0.3, -0.25) is 0 Å². The van der Waals surface area contributed by atoms with Crippen molar-refractivity contribution in [3.8, 4) is 5.88 Å². The Morgan fingerprint density at radius 2 is 2.25 bits per heavy atom. The van der Waals surface area contributed by atoms with Crippen LogP contribution in [0.1, 0.15) is 5.76 Å². The van der Waals surface area contributed by atoms with Gasteiger partial charge in [0.05, 0.1) is 19.9 Å². The minimum absolute atomic E-state index is 0.130. The van der Waals surface area contributed by atoms with Gasteiger partial charge in [0, 0.05) is 11.6 Å². The number of anilines is 1. The van der Waals surface area contributed by atoms with E-state index in [-0.39, 0.29) is 5.28 Å². The smallest absolute Gasteiger partial charge is 0.240 e. The van der Waals surface area contributed by atoms with Crippen LogP contribution in [0.25, 0.3) is 10.9 Å². The number of methoxy groups -OCH3 is 1. The number of halogens is 1. The maximum absolute atomic E-state index is 5.94. The summed E-state index contributed by atoms with van der Waals surface area (Å²) in [5.74, 6) is 1.82. The van der Waals surface area contributed by atoms with Gasteiger partial charge in [0.15, 0.2) is 0 Å².